The standard InChI is InChI=1S/C70H46N4O2S3/c75-79(76,69-57(61-25-13-15-43-71-61)39-41-63-67(69)59-37-31-49(45-65(59)77-63)47-27-33-55(34-28-47)73(51-17-5-1-6-18-51)52-19-7-2-8-20-52)70-58(62-26-14-16-44-72-62)40-42-64-68(70)60-38-32-50(46-66(60)78-64)48-29-35-56(36-30-48)74(53-21-9-3-10-22-53)54-23-11-4-12-24-54/h1-46H. The van der Waals surface area contributed by atoms with Crippen molar-refractivity contribution in [3.8, 4) is 44.8 Å². The predicted octanol–water partition coefficient (Wildman–Crippen LogP) is 19.7. The summed E-state index contributed by atoms with van der Waals surface area (Å²) in [6.45, 7) is 0. The monoisotopic (exact) mass is 1070 g/mol. The van der Waals surface area contributed by atoms with E-state index in [2.05, 4.69) is 204 Å². The van der Waals surface area contributed by atoms with E-state index < -0.39 is 9.84 Å². The summed E-state index contributed by atoms with van der Waals surface area (Å²) in [7, 11) is -4.39. The molecule has 0 aliphatic rings. The van der Waals surface area contributed by atoms with E-state index >= 15 is 8.42 Å². The Hall–Kier alpha value is -9.51. The largest absolute Gasteiger partial charge is 0.311 e. The minimum absolute atomic E-state index is 0.231. The summed E-state index contributed by atoms with van der Waals surface area (Å²) in [6, 6.07) is 90.9. The van der Waals surface area contributed by atoms with Crippen LogP contribution >= 0.6 is 22.7 Å². The van der Waals surface area contributed by atoms with Crippen LogP contribution in [-0.2, 0) is 9.84 Å². The van der Waals surface area contributed by atoms with Crippen LogP contribution in [0.15, 0.2) is 289 Å². The summed E-state index contributed by atoms with van der Waals surface area (Å²) in [5.74, 6) is 0. The Morgan fingerprint density at radius 2 is 0.633 bits per heavy atom. The van der Waals surface area contributed by atoms with Crippen molar-refractivity contribution in [3.63, 3.8) is 0 Å². The molecule has 4 aromatic heterocycles. The summed E-state index contributed by atoms with van der Waals surface area (Å²) < 4.78 is 37.0. The number of anilines is 6. The maximum atomic E-state index is 16.6. The first-order chi connectivity index (χ1) is 38.9. The molecule has 4 heterocycles. The third-order valence-corrected chi connectivity index (χ3v) is 18.7. The van der Waals surface area contributed by atoms with Gasteiger partial charge in [-0.2, -0.15) is 0 Å². The van der Waals surface area contributed by atoms with Crippen LogP contribution in [0.1, 0.15) is 0 Å². The maximum Gasteiger partial charge on any atom is 0.209 e. The zero-order valence-electron chi connectivity index (χ0n) is 42.4. The quantitative estimate of drug-likeness (QED) is 0.121. The molecular weight excluding hydrogens is 1020 g/mol. The van der Waals surface area contributed by atoms with Gasteiger partial charge in [0.1, 0.15) is 0 Å². The van der Waals surface area contributed by atoms with Crippen LogP contribution in [0.4, 0.5) is 34.1 Å². The van der Waals surface area contributed by atoms with Crippen molar-refractivity contribution in [2.45, 2.75) is 9.79 Å². The summed E-state index contributed by atoms with van der Waals surface area (Å²) in [6.07, 6.45) is 3.44. The highest BCUT2D eigenvalue weighted by atomic mass is 32.2. The van der Waals surface area contributed by atoms with Gasteiger partial charge in [0, 0.05) is 98.0 Å². The van der Waals surface area contributed by atoms with Crippen molar-refractivity contribution in [1.82, 2.24) is 9.97 Å². The van der Waals surface area contributed by atoms with Gasteiger partial charge >= 0.3 is 0 Å². The smallest absolute Gasteiger partial charge is 0.209 e. The first kappa shape index (κ1) is 47.9. The molecule has 6 nitrogen and oxygen atoms in total. The fourth-order valence-corrected chi connectivity index (χ4v) is 15.5. The van der Waals surface area contributed by atoms with Crippen molar-refractivity contribution in [1.29, 1.82) is 0 Å². The van der Waals surface area contributed by atoms with Crippen LogP contribution in [0.5, 0.6) is 0 Å². The fourth-order valence-electron chi connectivity index (χ4n) is 10.9. The van der Waals surface area contributed by atoms with Crippen molar-refractivity contribution in [3.05, 3.63) is 279 Å². The van der Waals surface area contributed by atoms with Crippen molar-refractivity contribution >= 4 is 107 Å². The lowest BCUT2D eigenvalue weighted by Gasteiger charge is -2.25. The molecule has 0 radical (unpaired) electrons. The molecule has 0 fully saturated rings. The van der Waals surface area contributed by atoms with E-state index in [9.17, 15) is 0 Å². The highest BCUT2D eigenvalue weighted by molar-refractivity contribution is 7.92. The Kier molecular flexibility index (Phi) is 12.2. The number of nitrogens with zero attached hydrogens (tertiary/aromatic N) is 4. The second-order valence-corrected chi connectivity index (χ2v) is 23.3. The summed E-state index contributed by atoms with van der Waals surface area (Å²) in [5, 5.41) is 3.09. The van der Waals surface area contributed by atoms with Crippen LogP contribution in [0.25, 0.3) is 85.1 Å². The molecule has 0 aliphatic carbocycles. The van der Waals surface area contributed by atoms with Gasteiger partial charge in [-0.05, 0) is 144 Å². The molecule has 0 bridgehead atoms. The topological polar surface area (TPSA) is 66.4 Å². The van der Waals surface area contributed by atoms with Crippen LogP contribution in [0.2, 0.25) is 0 Å². The molecule has 0 saturated carbocycles. The summed E-state index contributed by atoms with van der Waals surface area (Å²) in [5.41, 5.74) is 12.8. The molecule has 10 aromatic carbocycles. The zero-order chi connectivity index (χ0) is 52.9. The van der Waals surface area contributed by atoms with Gasteiger partial charge in [-0.25, -0.2) is 8.42 Å². The molecule has 79 heavy (non-hydrogen) atoms. The lowest BCUT2D eigenvalue weighted by atomic mass is 10.0. The molecule has 0 unspecified atom stereocenters. The predicted molar refractivity (Wildman–Crippen MR) is 331 cm³/mol. The lowest BCUT2D eigenvalue weighted by Crippen LogP contribution is -2.09. The number of sulfone groups is 1. The molecule has 0 N–H and O–H groups in total. The molecule has 0 saturated heterocycles. The minimum atomic E-state index is -4.39. The van der Waals surface area contributed by atoms with E-state index in [0.29, 0.717) is 33.3 Å². The van der Waals surface area contributed by atoms with Crippen molar-refractivity contribution < 1.29 is 8.42 Å². The van der Waals surface area contributed by atoms with Crippen molar-refractivity contribution in [2.24, 2.45) is 0 Å². The normalized spacial score (nSPS) is 11.6. The highest BCUT2D eigenvalue weighted by Crippen LogP contribution is 2.50. The third kappa shape index (κ3) is 8.71. The zero-order valence-corrected chi connectivity index (χ0v) is 44.8. The Morgan fingerprint density at radius 1 is 0.304 bits per heavy atom. The van der Waals surface area contributed by atoms with E-state index in [0.717, 1.165) is 86.0 Å². The number of benzene rings is 10. The number of rotatable bonds is 12. The molecule has 14 aromatic rings. The first-order valence-corrected chi connectivity index (χ1v) is 29.1. The van der Waals surface area contributed by atoms with Crippen LogP contribution < -0.4 is 9.80 Å². The SMILES string of the molecule is O=S(=O)(c1c(-c2ccccn2)ccc2sc3cc(-c4ccc(N(c5ccccc5)c5ccccc5)cc4)ccc3c12)c1c(-c2ccccn2)ccc2sc3cc(-c4ccc(N(c5ccccc5)c5ccccc5)cc4)ccc3c12. The lowest BCUT2D eigenvalue weighted by molar-refractivity contribution is 0.598. The highest BCUT2D eigenvalue weighted by Gasteiger charge is 2.33. The van der Waals surface area contributed by atoms with Gasteiger partial charge in [0.2, 0.25) is 9.84 Å². The second kappa shape index (κ2) is 20.1. The van der Waals surface area contributed by atoms with Crippen LogP contribution in [0, 0.1) is 0 Å². The average molecular weight is 1070 g/mol. The van der Waals surface area contributed by atoms with E-state index in [1.54, 1.807) is 35.1 Å². The number of fused-ring (bicyclic) bond motifs is 6. The van der Waals surface area contributed by atoms with Gasteiger partial charge in [0.15, 0.2) is 0 Å². The van der Waals surface area contributed by atoms with Crippen molar-refractivity contribution in [2.75, 3.05) is 9.80 Å². The number of pyridine rings is 2. The third-order valence-electron chi connectivity index (χ3n) is 14.6. The van der Waals surface area contributed by atoms with E-state index in [1.807, 2.05) is 72.8 Å². The summed E-state index contributed by atoms with van der Waals surface area (Å²) in [4.78, 5) is 14.5. The van der Waals surface area contributed by atoms with Gasteiger partial charge in [0.25, 0.3) is 0 Å². The first-order valence-electron chi connectivity index (χ1n) is 26.0. The van der Waals surface area contributed by atoms with Crippen LogP contribution in [-0.4, -0.2) is 18.4 Å². The summed E-state index contributed by atoms with van der Waals surface area (Å²) >= 11 is 3.21. The van der Waals surface area contributed by atoms with E-state index in [-0.39, 0.29) is 9.79 Å². The molecule has 0 atom stereocenters. The fraction of sp³-hybridized carbons (Fsp3) is 0. The molecule has 0 amide bonds. The van der Waals surface area contributed by atoms with Crippen LogP contribution in [0.3, 0.4) is 0 Å². The molecule has 0 aliphatic heterocycles. The van der Waals surface area contributed by atoms with Gasteiger partial charge in [-0.15, -0.1) is 22.7 Å². The van der Waals surface area contributed by atoms with Gasteiger partial charge in [-0.1, -0.05) is 146 Å². The molecular formula is C70H46N4O2S3. The Bertz CT molecular complexity index is 4260. The number of hydrogen-bond donors (Lipinski definition) is 0. The van der Waals surface area contributed by atoms with Gasteiger partial charge in [-0.3, -0.25) is 9.97 Å². The average Bonchev–Trinajstić information content (AvgIpc) is 4.08. The number of hydrogen-bond acceptors (Lipinski definition) is 8. The second-order valence-electron chi connectivity index (χ2n) is 19.3. The molecule has 0 spiro atoms. The van der Waals surface area contributed by atoms with Gasteiger partial charge in [0.05, 0.1) is 21.2 Å². The minimum Gasteiger partial charge on any atom is -0.311 e. The molecule has 14 rings (SSSR count). The number of thiophene rings is 2. The molecule has 9 heteroatoms. The maximum absolute atomic E-state index is 16.6. The molecule has 376 valence electrons. The number of aromatic nitrogens is 2. The Morgan fingerprint density at radius 3 is 0.975 bits per heavy atom. The number of para-hydroxylation sites is 4. The Balaban J connectivity index is 0.902. The van der Waals surface area contributed by atoms with Gasteiger partial charge < -0.3 is 9.80 Å². The Labute approximate surface area is 466 Å². The van der Waals surface area contributed by atoms with E-state index in [1.165, 1.54) is 0 Å². The van der Waals surface area contributed by atoms with E-state index in [4.69, 9.17) is 9.97 Å².